The van der Waals surface area contributed by atoms with Crippen LogP contribution in [0.1, 0.15) is 20.3 Å². The van der Waals surface area contributed by atoms with Gasteiger partial charge in [0, 0.05) is 11.8 Å². The molecule has 1 unspecified atom stereocenters. The Morgan fingerprint density at radius 1 is 1.80 bits per heavy atom. The summed E-state index contributed by atoms with van der Waals surface area (Å²) in [6.07, 6.45) is 0.214. The minimum Gasteiger partial charge on any atom is -0.298 e. The number of rotatable bonds is 2. The molecule has 0 aromatic rings. The van der Waals surface area contributed by atoms with E-state index >= 15 is 0 Å². The van der Waals surface area contributed by atoms with Gasteiger partial charge in [0.25, 0.3) is 0 Å². The van der Waals surface area contributed by atoms with E-state index in [2.05, 4.69) is 0 Å². The number of nitrogens with one attached hydrogen (secondary N) is 1. The summed E-state index contributed by atoms with van der Waals surface area (Å²) in [7, 11) is -3.21. The fourth-order valence-corrected chi connectivity index (χ4v) is 0.883. The molecule has 1 atom stereocenters. The highest BCUT2D eigenvalue weighted by Crippen LogP contribution is 1.80. The molecule has 5 heteroatoms. The zero-order chi connectivity index (χ0) is 8.20. The van der Waals surface area contributed by atoms with Crippen LogP contribution < -0.4 is 4.72 Å². The molecule has 0 aliphatic rings. The van der Waals surface area contributed by atoms with E-state index in [4.69, 9.17) is 4.55 Å². The molecule has 4 nitrogen and oxygen atoms in total. The molecule has 0 aliphatic heterocycles. The van der Waals surface area contributed by atoms with E-state index in [1.54, 1.807) is 6.92 Å². The summed E-state index contributed by atoms with van der Waals surface area (Å²) in [6.45, 7) is 3.03. The Balaban J connectivity index is 4.18. The van der Waals surface area contributed by atoms with Crippen molar-refractivity contribution in [2.24, 2.45) is 0 Å². The highest BCUT2D eigenvalue weighted by molar-refractivity contribution is 7.94. The zero-order valence-corrected chi connectivity index (χ0v) is 6.77. The number of carbonyl (C=O) groups is 1. The average molecular weight is 165 g/mol. The number of amides is 1. The minimum atomic E-state index is -3.21. The Morgan fingerprint density at radius 2 is 2.30 bits per heavy atom. The molecule has 0 heterocycles. The van der Waals surface area contributed by atoms with Gasteiger partial charge in [0.2, 0.25) is 5.91 Å². The van der Waals surface area contributed by atoms with E-state index in [1.807, 2.05) is 4.72 Å². The molecule has 0 spiro atoms. The lowest BCUT2D eigenvalue weighted by atomic mass is 10.5. The first-order valence-electron chi connectivity index (χ1n) is 2.88. The van der Waals surface area contributed by atoms with Gasteiger partial charge in [0.05, 0.1) is 0 Å². The summed E-state index contributed by atoms with van der Waals surface area (Å²) < 4.78 is 21.4. The van der Waals surface area contributed by atoms with Gasteiger partial charge in [-0.05, 0) is 6.92 Å². The smallest absolute Gasteiger partial charge is 0.232 e. The number of carbonyl (C=O) groups excluding carboxylic acids is 1. The van der Waals surface area contributed by atoms with E-state index in [0.29, 0.717) is 0 Å². The van der Waals surface area contributed by atoms with Gasteiger partial charge in [0.15, 0.2) is 9.99 Å². The van der Waals surface area contributed by atoms with Gasteiger partial charge >= 0.3 is 0 Å². The molecule has 0 rings (SSSR count). The quantitative estimate of drug-likeness (QED) is 0.566. The minimum absolute atomic E-state index is 0.214. The molecule has 0 bridgehead atoms. The number of hydrogen-bond acceptors (Lipinski definition) is 2. The van der Waals surface area contributed by atoms with Gasteiger partial charge in [-0.1, -0.05) is 6.92 Å². The second-order valence-electron chi connectivity index (χ2n) is 1.68. The Labute approximate surface area is 60.6 Å². The molecule has 0 aliphatic carbocycles. The van der Waals surface area contributed by atoms with Gasteiger partial charge in [0.1, 0.15) is 0 Å². The third-order valence-corrected chi connectivity index (χ3v) is 2.06. The Morgan fingerprint density at radius 3 is 2.60 bits per heavy atom. The summed E-state index contributed by atoms with van der Waals surface area (Å²) in [4.78, 5) is 10.5. The molecule has 0 saturated heterocycles. The molecule has 10 heavy (non-hydrogen) atoms. The van der Waals surface area contributed by atoms with Crippen LogP contribution in [0.5, 0.6) is 0 Å². The summed E-state index contributed by atoms with van der Waals surface area (Å²) in [5.74, 6) is -0.425. The first kappa shape index (κ1) is 9.45. The van der Waals surface area contributed by atoms with Crippen molar-refractivity contribution in [3.8, 4) is 0 Å². The van der Waals surface area contributed by atoms with Crippen molar-refractivity contribution in [1.29, 1.82) is 0 Å². The Kier molecular flexibility index (Phi) is 3.38. The van der Waals surface area contributed by atoms with E-state index in [1.165, 1.54) is 6.92 Å². The standard InChI is InChI=1S/C5H11NO3S/c1-3-5(7)6-10(8,9)4-2/h4H,3H2,1-2H3,(H2,6,7,8,9). The molecule has 2 N–H and O–H groups in total. The van der Waals surface area contributed by atoms with Gasteiger partial charge in [-0.2, -0.15) is 0 Å². The predicted molar refractivity (Wildman–Crippen MR) is 40.9 cm³/mol. The number of hydrogen-bond donors (Lipinski definition) is 2. The third kappa shape index (κ3) is 3.47. The lowest BCUT2D eigenvalue weighted by Gasteiger charge is -2.02. The zero-order valence-electron chi connectivity index (χ0n) is 5.96. The first-order valence-corrected chi connectivity index (χ1v) is 4.46. The van der Waals surface area contributed by atoms with Gasteiger partial charge in [-0.15, -0.1) is 0 Å². The fourth-order valence-electron chi connectivity index (χ4n) is 0.294. The Hall–Kier alpha value is -0.550. The monoisotopic (exact) mass is 165 g/mol. The topological polar surface area (TPSA) is 66.4 Å². The van der Waals surface area contributed by atoms with E-state index < -0.39 is 15.9 Å². The highest BCUT2D eigenvalue weighted by Gasteiger charge is 2.02. The van der Waals surface area contributed by atoms with Crippen molar-refractivity contribution in [2.45, 2.75) is 20.3 Å². The molecule has 0 aromatic heterocycles. The van der Waals surface area contributed by atoms with Gasteiger partial charge < -0.3 is 0 Å². The van der Waals surface area contributed by atoms with Crippen LogP contribution >= 0.6 is 0 Å². The van der Waals surface area contributed by atoms with Crippen LogP contribution in [0.3, 0.4) is 0 Å². The second-order valence-corrected chi connectivity index (χ2v) is 3.50. The van der Waals surface area contributed by atoms with Crippen LogP contribution in [0.2, 0.25) is 0 Å². The SMILES string of the molecule is CC=S(=O)(O)NC(=O)CC. The van der Waals surface area contributed by atoms with Crippen molar-refractivity contribution < 1.29 is 13.6 Å². The van der Waals surface area contributed by atoms with E-state index in [9.17, 15) is 9.00 Å². The molecular formula is C5H11NO3S. The van der Waals surface area contributed by atoms with Gasteiger partial charge in [-0.25, -0.2) is 4.21 Å². The average Bonchev–Trinajstić information content (AvgIpc) is 1.87. The summed E-state index contributed by atoms with van der Waals surface area (Å²) in [5, 5.41) is 1.06. The van der Waals surface area contributed by atoms with Crippen molar-refractivity contribution in [3.05, 3.63) is 0 Å². The van der Waals surface area contributed by atoms with Gasteiger partial charge in [-0.3, -0.25) is 14.1 Å². The maximum Gasteiger partial charge on any atom is 0.232 e. The Bertz CT molecular complexity index is 227. The van der Waals surface area contributed by atoms with Crippen molar-refractivity contribution in [1.82, 2.24) is 4.72 Å². The van der Waals surface area contributed by atoms with Crippen LogP contribution in [0.4, 0.5) is 0 Å². The second kappa shape index (κ2) is 3.58. The maximum absolute atomic E-state index is 10.7. The lowest BCUT2D eigenvalue weighted by molar-refractivity contribution is -0.119. The predicted octanol–water partition coefficient (Wildman–Crippen LogP) is 0.00710. The summed E-state index contributed by atoms with van der Waals surface area (Å²) in [5.41, 5.74) is 0. The molecule has 0 saturated carbocycles. The van der Waals surface area contributed by atoms with Crippen LogP contribution in [0, 0.1) is 0 Å². The largest absolute Gasteiger partial charge is 0.298 e. The van der Waals surface area contributed by atoms with Crippen LogP contribution in [0.15, 0.2) is 0 Å². The molecule has 1 amide bonds. The van der Waals surface area contributed by atoms with Crippen LogP contribution in [0.25, 0.3) is 0 Å². The molecule has 0 radical (unpaired) electrons. The molecule has 0 aromatic carbocycles. The lowest BCUT2D eigenvalue weighted by Crippen LogP contribution is -2.30. The van der Waals surface area contributed by atoms with Crippen molar-refractivity contribution in [3.63, 3.8) is 0 Å². The van der Waals surface area contributed by atoms with Crippen molar-refractivity contribution in [2.75, 3.05) is 0 Å². The summed E-state index contributed by atoms with van der Waals surface area (Å²) >= 11 is 0. The fraction of sp³-hybridized carbons (Fsp3) is 0.600. The van der Waals surface area contributed by atoms with Crippen LogP contribution in [-0.4, -0.2) is 20.0 Å². The highest BCUT2D eigenvalue weighted by atomic mass is 32.2. The summed E-state index contributed by atoms with van der Waals surface area (Å²) in [6, 6.07) is 0. The van der Waals surface area contributed by atoms with E-state index in [0.717, 1.165) is 5.37 Å². The van der Waals surface area contributed by atoms with Crippen molar-refractivity contribution >= 4 is 21.3 Å². The third-order valence-electron chi connectivity index (χ3n) is 0.901. The normalized spacial score (nSPS) is 15.5. The molecule has 0 fully saturated rings. The molecule has 60 valence electrons. The molecular weight excluding hydrogens is 154 g/mol. The first-order chi connectivity index (χ1) is 4.52. The van der Waals surface area contributed by atoms with Crippen LogP contribution in [-0.2, 0) is 14.8 Å². The van der Waals surface area contributed by atoms with E-state index in [-0.39, 0.29) is 6.42 Å². The maximum atomic E-state index is 10.7.